The maximum Gasteiger partial charge on any atom is 0.534 e. The number of rotatable bonds is 2. The van der Waals surface area contributed by atoms with E-state index in [-0.39, 0.29) is 24.6 Å². The number of carbonyl (C=O) groups excluding carboxylic acids is 1. The molecule has 1 aliphatic heterocycles. The van der Waals surface area contributed by atoms with Crippen molar-refractivity contribution in [3.63, 3.8) is 0 Å². The van der Waals surface area contributed by atoms with Gasteiger partial charge in [-0.1, -0.05) is 0 Å². The number of aromatic nitrogens is 2. The number of alkyl halides is 3. The lowest BCUT2D eigenvalue weighted by Gasteiger charge is -2.34. The zero-order valence-electron chi connectivity index (χ0n) is 14.0. The van der Waals surface area contributed by atoms with Crippen molar-refractivity contribution in [3.8, 4) is 5.88 Å². The number of amides is 1. The van der Waals surface area contributed by atoms with Crippen LogP contribution in [0.5, 0.6) is 5.88 Å². The first-order valence-electron chi connectivity index (χ1n) is 7.28. The van der Waals surface area contributed by atoms with E-state index in [9.17, 15) is 26.4 Å². The number of carbonyl (C=O) groups is 1. The molecule has 0 spiro atoms. The Morgan fingerprint density at radius 1 is 1.32 bits per heavy atom. The maximum atomic E-state index is 12.5. The number of hydrogen-bond donors (Lipinski definition) is 1. The first-order valence-corrected chi connectivity index (χ1v) is 8.68. The highest BCUT2D eigenvalue weighted by atomic mass is 32.2. The predicted octanol–water partition coefficient (Wildman–Crippen LogP) is 2.32. The second-order valence-electron chi connectivity index (χ2n) is 6.63. The second-order valence-corrected chi connectivity index (χ2v) is 8.17. The third-order valence-corrected chi connectivity index (χ3v) is 4.32. The van der Waals surface area contributed by atoms with Crippen LogP contribution in [0, 0.1) is 0 Å². The molecule has 0 aromatic carbocycles. The molecule has 142 valence electrons. The van der Waals surface area contributed by atoms with Crippen molar-refractivity contribution >= 4 is 16.2 Å². The SMILES string of the molecule is C[C@H]1Cc2[nH]nc(OS(=O)(=O)C(F)(F)F)c2CN1C(=O)OC(C)(C)C. The number of aromatic amines is 1. The normalized spacial score (nSPS) is 18.7. The largest absolute Gasteiger partial charge is 0.534 e. The van der Waals surface area contributed by atoms with Crippen molar-refractivity contribution in [1.82, 2.24) is 15.1 Å². The summed E-state index contributed by atoms with van der Waals surface area (Å²) in [5.74, 6) is -0.729. The number of nitrogens with zero attached hydrogens (tertiary/aromatic N) is 2. The van der Waals surface area contributed by atoms with Crippen molar-refractivity contribution < 1.29 is 35.3 Å². The summed E-state index contributed by atoms with van der Waals surface area (Å²) in [5, 5.41) is 5.95. The van der Waals surface area contributed by atoms with Crippen LogP contribution in [0.1, 0.15) is 39.0 Å². The van der Waals surface area contributed by atoms with Gasteiger partial charge in [-0.25, -0.2) is 4.79 Å². The fourth-order valence-electron chi connectivity index (χ4n) is 2.23. The summed E-state index contributed by atoms with van der Waals surface area (Å²) in [6, 6.07) is -0.324. The number of fused-ring (bicyclic) bond motifs is 1. The van der Waals surface area contributed by atoms with Gasteiger partial charge in [-0.3, -0.25) is 5.10 Å². The van der Waals surface area contributed by atoms with E-state index in [1.165, 1.54) is 4.90 Å². The minimum Gasteiger partial charge on any atom is -0.444 e. The first-order chi connectivity index (χ1) is 11.2. The molecule has 1 aromatic rings. The molecule has 25 heavy (non-hydrogen) atoms. The molecule has 0 bridgehead atoms. The van der Waals surface area contributed by atoms with Crippen LogP contribution in [0.3, 0.4) is 0 Å². The van der Waals surface area contributed by atoms with E-state index in [1.54, 1.807) is 27.7 Å². The molecule has 0 fully saturated rings. The molecule has 1 amide bonds. The summed E-state index contributed by atoms with van der Waals surface area (Å²) in [6.45, 7) is 6.55. The summed E-state index contributed by atoms with van der Waals surface area (Å²) in [4.78, 5) is 13.5. The molecule has 1 atom stereocenters. The smallest absolute Gasteiger partial charge is 0.444 e. The first kappa shape index (κ1) is 19.3. The van der Waals surface area contributed by atoms with Crippen molar-refractivity contribution in [2.75, 3.05) is 0 Å². The zero-order chi connectivity index (χ0) is 19.2. The van der Waals surface area contributed by atoms with E-state index in [0.717, 1.165) is 0 Å². The maximum absolute atomic E-state index is 12.5. The quantitative estimate of drug-likeness (QED) is 0.619. The lowest BCUT2D eigenvalue weighted by Crippen LogP contribution is -2.45. The summed E-state index contributed by atoms with van der Waals surface area (Å²) in [7, 11) is -5.85. The molecular formula is C13H18F3N3O5S. The van der Waals surface area contributed by atoms with E-state index in [0.29, 0.717) is 5.69 Å². The molecule has 12 heteroatoms. The molecule has 1 aromatic heterocycles. The van der Waals surface area contributed by atoms with Gasteiger partial charge in [-0.2, -0.15) is 21.6 Å². The van der Waals surface area contributed by atoms with Crippen molar-refractivity contribution in [2.45, 2.75) is 57.8 Å². The van der Waals surface area contributed by atoms with Crippen LogP contribution in [0.15, 0.2) is 0 Å². The summed E-state index contributed by atoms with van der Waals surface area (Å²) >= 11 is 0. The van der Waals surface area contributed by atoms with Gasteiger partial charge in [0.25, 0.3) is 5.88 Å². The lowest BCUT2D eigenvalue weighted by atomic mass is 10.0. The van der Waals surface area contributed by atoms with Crippen LogP contribution in [0.2, 0.25) is 0 Å². The topological polar surface area (TPSA) is 102 Å². The highest BCUT2D eigenvalue weighted by molar-refractivity contribution is 7.87. The van der Waals surface area contributed by atoms with Crippen LogP contribution < -0.4 is 4.18 Å². The van der Waals surface area contributed by atoms with Gasteiger partial charge in [-0.15, -0.1) is 5.10 Å². The van der Waals surface area contributed by atoms with Gasteiger partial charge < -0.3 is 13.8 Å². The highest BCUT2D eigenvalue weighted by Crippen LogP contribution is 2.33. The van der Waals surface area contributed by atoms with E-state index in [1.807, 2.05) is 0 Å². The van der Waals surface area contributed by atoms with Gasteiger partial charge in [-0.05, 0) is 27.7 Å². The average Bonchev–Trinajstić information content (AvgIpc) is 2.76. The zero-order valence-corrected chi connectivity index (χ0v) is 14.8. The molecule has 0 radical (unpaired) electrons. The number of ether oxygens (including phenoxy) is 1. The van der Waals surface area contributed by atoms with Gasteiger partial charge >= 0.3 is 21.7 Å². The summed E-state index contributed by atoms with van der Waals surface area (Å²) in [5.41, 5.74) is -5.87. The van der Waals surface area contributed by atoms with Crippen LogP contribution in [-0.2, 0) is 27.8 Å². The lowest BCUT2D eigenvalue weighted by molar-refractivity contribution is -0.0502. The molecule has 0 saturated heterocycles. The summed E-state index contributed by atoms with van der Waals surface area (Å²) < 4.78 is 69.1. The van der Waals surface area contributed by atoms with E-state index in [4.69, 9.17) is 4.74 Å². The number of H-pyrrole nitrogens is 1. The average molecular weight is 385 g/mol. The highest BCUT2D eigenvalue weighted by Gasteiger charge is 2.49. The fraction of sp³-hybridized carbons (Fsp3) is 0.692. The van der Waals surface area contributed by atoms with Gasteiger partial charge in [0.1, 0.15) is 5.60 Å². The second kappa shape index (κ2) is 6.07. The Bertz CT molecular complexity index is 767. The van der Waals surface area contributed by atoms with Crippen LogP contribution >= 0.6 is 0 Å². The molecule has 1 N–H and O–H groups in total. The molecule has 0 saturated carbocycles. The molecule has 2 heterocycles. The third-order valence-electron chi connectivity index (χ3n) is 3.38. The molecular weight excluding hydrogens is 367 g/mol. The van der Waals surface area contributed by atoms with Crippen molar-refractivity contribution in [3.05, 3.63) is 11.3 Å². The molecule has 8 nitrogen and oxygen atoms in total. The van der Waals surface area contributed by atoms with Gasteiger partial charge in [0.2, 0.25) is 0 Å². The van der Waals surface area contributed by atoms with Gasteiger partial charge in [0.05, 0.1) is 12.1 Å². The third kappa shape index (κ3) is 4.17. The molecule has 1 aliphatic rings. The molecule has 2 rings (SSSR count). The fourth-order valence-corrected chi connectivity index (χ4v) is 2.67. The van der Waals surface area contributed by atoms with Gasteiger partial charge in [0, 0.05) is 18.2 Å². The van der Waals surface area contributed by atoms with Gasteiger partial charge in [0.15, 0.2) is 0 Å². The number of hydrogen-bond acceptors (Lipinski definition) is 6. The van der Waals surface area contributed by atoms with Crippen molar-refractivity contribution in [1.29, 1.82) is 0 Å². The summed E-state index contributed by atoms with van der Waals surface area (Å²) in [6.07, 6.45) is -0.437. The standard InChI is InChI=1S/C13H18F3N3O5S/c1-7-5-9-8(6-19(7)11(20)23-12(2,3)4)10(18-17-9)24-25(21,22)13(14,15)16/h7H,5-6H2,1-4H3,(H,17,18)/t7-/m0/s1. The Hall–Kier alpha value is -1.98. The molecule has 0 aliphatic carbocycles. The van der Waals surface area contributed by atoms with Crippen molar-refractivity contribution in [2.24, 2.45) is 0 Å². The minimum atomic E-state index is -5.85. The van der Waals surface area contributed by atoms with E-state index >= 15 is 0 Å². The van der Waals surface area contributed by atoms with Crippen LogP contribution in [0.25, 0.3) is 0 Å². The van der Waals surface area contributed by atoms with E-state index < -0.39 is 33.2 Å². The Morgan fingerprint density at radius 2 is 1.92 bits per heavy atom. The Balaban J connectivity index is 2.27. The Morgan fingerprint density at radius 3 is 2.44 bits per heavy atom. The number of halogens is 3. The Labute approximate surface area is 142 Å². The molecule has 0 unspecified atom stereocenters. The van der Waals surface area contributed by atoms with E-state index in [2.05, 4.69) is 14.4 Å². The van der Waals surface area contributed by atoms with Crippen LogP contribution in [-0.4, -0.2) is 46.8 Å². The minimum absolute atomic E-state index is 0.0665. The predicted molar refractivity (Wildman–Crippen MR) is 79.1 cm³/mol. The van der Waals surface area contributed by atoms with Crippen LogP contribution in [0.4, 0.5) is 18.0 Å². The Kier molecular flexibility index (Phi) is 4.70. The monoisotopic (exact) mass is 385 g/mol. The number of nitrogens with one attached hydrogen (secondary N) is 1.